The molecule has 2 aliphatic rings. The quantitative estimate of drug-likeness (QED) is 0.170. The van der Waals surface area contributed by atoms with Crippen molar-refractivity contribution in [2.24, 2.45) is 22.7 Å². The third kappa shape index (κ3) is 11.6. The molecule has 220 valence electrons. The van der Waals surface area contributed by atoms with Crippen LogP contribution >= 0.6 is 0 Å². The maximum Gasteiger partial charge on any atom is -0.0104 e. The number of allylic oxidation sites excluding steroid dienone is 18. The second-order valence-electron chi connectivity index (χ2n) is 14.1. The summed E-state index contributed by atoms with van der Waals surface area (Å²) in [4.78, 5) is 0. The summed E-state index contributed by atoms with van der Waals surface area (Å²) < 4.78 is 0. The summed E-state index contributed by atoms with van der Waals surface area (Å²) in [6.45, 7) is 23.3. The summed E-state index contributed by atoms with van der Waals surface area (Å²) in [6, 6.07) is 0. The molecule has 0 bridgehead atoms. The van der Waals surface area contributed by atoms with E-state index in [1.807, 2.05) is 0 Å². The van der Waals surface area contributed by atoms with Gasteiger partial charge in [0.2, 0.25) is 0 Å². The minimum Gasteiger partial charge on any atom is -0.0853 e. The molecule has 0 fully saturated rings. The molecule has 0 saturated heterocycles. The van der Waals surface area contributed by atoms with Gasteiger partial charge in [0.15, 0.2) is 0 Å². The fourth-order valence-corrected chi connectivity index (χ4v) is 6.44. The number of hydrogen-bond donors (Lipinski definition) is 0. The third-order valence-corrected chi connectivity index (χ3v) is 9.22. The molecule has 0 aromatic heterocycles. The highest BCUT2D eigenvalue weighted by Gasteiger charge is 2.32. The molecule has 0 saturated carbocycles. The summed E-state index contributed by atoms with van der Waals surface area (Å²) in [5.41, 5.74) is 9.28. The molecule has 0 aromatic carbocycles. The van der Waals surface area contributed by atoms with Gasteiger partial charge in [-0.2, -0.15) is 0 Å². The summed E-state index contributed by atoms with van der Waals surface area (Å²) in [6.07, 6.45) is 37.1. The monoisotopic (exact) mass is 540 g/mol. The number of hydrogen-bond acceptors (Lipinski definition) is 0. The third-order valence-electron chi connectivity index (χ3n) is 9.22. The van der Waals surface area contributed by atoms with Gasteiger partial charge in [-0.05, 0) is 114 Å². The summed E-state index contributed by atoms with van der Waals surface area (Å²) in [7, 11) is 0. The van der Waals surface area contributed by atoms with Crippen LogP contribution in [0.2, 0.25) is 0 Å². The first-order valence-electron chi connectivity index (χ1n) is 15.9. The molecule has 0 amide bonds. The van der Waals surface area contributed by atoms with Crippen molar-refractivity contribution >= 4 is 0 Å². The van der Waals surface area contributed by atoms with Gasteiger partial charge in [-0.25, -0.2) is 0 Å². The van der Waals surface area contributed by atoms with Gasteiger partial charge in [-0.3, -0.25) is 0 Å². The Bertz CT molecular complexity index is 1100. The van der Waals surface area contributed by atoms with Crippen molar-refractivity contribution in [1.29, 1.82) is 0 Å². The van der Waals surface area contributed by atoms with E-state index < -0.39 is 0 Å². The minimum atomic E-state index is 0.296. The maximum atomic E-state index is 2.48. The maximum absolute atomic E-state index is 2.48. The molecule has 2 atom stereocenters. The van der Waals surface area contributed by atoms with Gasteiger partial charge >= 0.3 is 0 Å². The average Bonchev–Trinajstić information content (AvgIpc) is 2.85. The predicted molar refractivity (Wildman–Crippen MR) is 181 cm³/mol. The fraction of sp³-hybridized carbons (Fsp3) is 0.550. The van der Waals surface area contributed by atoms with Crippen LogP contribution in [-0.2, 0) is 0 Å². The van der Waals surface area contributed by atoms with Crippen LogP contribution in [0.15, 0.2) is 106 Å². The molecule has 0 spiro atoms. The van der Waals surface area contributed by atoms with Crippen LogP contribution < -0.4 is 0 Å². The fourth-order valence-electron chi connectivity index (χ4n) is 6.44. The smallest absolute Gasteiger partial charge is 0.0104 e. The molecule has 0 radical (unpaired) electrons. The molecule has 40 heavy (non-hydrogen) atoms. The van der Waals surface area contributed by atoms with Gasteiger partial charge in [0, 0.05) is 0 Å². The first-order chi connectivity index (χ1) is 18.8. The van der Waals surface area contributed by atoms with Crippen molar-refractivity contribution in [3.8, 4) is 0 Å². The van der Waals surface area contributed by atoms with E-state index >= 15 is 0 Å². The Hall–Kier alpha value is -2.34. The minimum absolute atomic E-state index is 0.296. The lowest BCUT2D eigenvalue weighted by atomic mass is 9.66. The van der Waals surface area contributed by atoms with Gasteiger partial charge in [0.05, 0.1) is 0 Å². The van der Waals surface area contributed by atoms with E-state index in [0.717, 1.165) is 18.3 Å². The lowest BCUT2D eigenvalue weighted by Gasteiger charge is -2.39. The topological polar surface area (TPSA) is 0 Å². The molecule has 0 nitrogen and oxygen atoms in total. The van der Waals surface area contributed by atoms with Crippen molar-refractivity contribution in [1.82, 2.24) is 0 Å². The van der Waals surface area contributed by atoms with Crippen LogP contribution in [0, 0.1) is 22.7 Å². The summed E-state index contributed by atoms with van der Waals surface area (Å²) >= 11 is 0. The highest BCUT2D eigenvalue weighted by atomic mass is 14.4. The van der Waals surface area contributed by atoms with E-state index in [4.69, 9.17) is 0 Å². The molecule has 0 heteroatoms. The molecule has 2 rings (SSSR count). The number of rotatable bonds is 12. The van der Waals surface area contributed by atoms with Crippen LogP contribution in [0.5, 0.6) is 0 Å². The highest BCUT2D eigenvalue weighted by Crippen LogP contribution is 2.44. The van der Waals surface area contributed by atoms with Crippen molar-refractivity contribution < 1.29 is 0 Å². The van der Waals surface area contributed by atoms with E-state index in [1.54, 1.807) is 11.1 Å². The Kier molecular flexibility index (Phi) is 13.7. The SMILES string of the molecule is CC1=CCCC(C)(C)[C@H]1CCC(C)C/C=C/C(C)=C/C=C/C=C(C)/C=C\C=C(C)\C=C\C1=C(C)CCCC1(C)C. The van der Waals surface area contributed by atoms with Crippen LogP contribution in [0.1, 0.15) is 121 Å². The molecule has 1 unspecified atom stereocenters. The van der Waals surface area contributed by atoms with Gasteiger partial charge in [-0.15, -0.1) is 0 Å². The predicted octanol–water partition coefficient (Wildman–Crippen LogP) is 12.8. The van der Waals surface area contributed by atoms with Crippen molar-refractivity contribution in [2.75, 3.05) is 0 Å². The van der Waals surface area contributed by atoms with E-state index in [1.165, 1.54) is 67.2 Å². The van der Waals surface area contributed by atoms with Gasteiger partial charge in [-0.1, -0.05) is 135 Å². The first kappa shape index (κ1) is 33.9. The Balaban J connectivity index is 1.78. The average molecular weight is 541 g/mol. The van der Waals surface area contributed by atoms with Gasteiger partial charge in [0.25, 0.3) is 0 Å². The largest absolute Gasteiger partial charge is 0.0853 e. The normalized spacial score (nSPS) is 23.7. The standard InChI is InChI=1S/C40H60/c1-31(19-13-21-33(3)25-27-37-35(5)23-15-29-39(37,7)8)17-11-12-18-32(2)20-14-22-34(4)26-28-38-36(6)24-16-30-40(38,9)10/h11-14,17-21,24-25,27,34,38H,15-16,22-23,26,28-30H2,1-10H3/b12-11+,19-13-,20-14+,27-25+,31-17+,32-18+,33-21+/t34?,38-/m0/s1. The van der Waals surface area contributed by atoms with E-state index in [2.05, 4.69) is 142 Å². The van der Waals surface area contributed by atoms with Crippen LogP contribution in [0.4, 0.5) is 0 Å². The Labute approximate surface area is 249 Å². The van der Waals surface area contributed by atoms with E-state index in [-0.39, 0.29) is 0 Å². The molecule has 2 aliphatic carbocycles. The second kappa shape index (κ2) is 16.2. The zero-order valence-electron chi connectivity index (χ0n) is 27.7. The van der Waals surface area contributed by atoms with E-state index in [9.17, 15) is 0 Å². The Morgan fingerprint density at radius 1 is 0.875 bits per heavy atom. The van der Waals surface area contributed by atoms with E-state index in [0.29, 0.717) is 10.8 Å². The summed E-state index contributed by atoms with van der Waals surface area (Å²) in [5, 5.41) is 0. The molecular weight excluding hydrogens is 480 g/mol. The molecule has 0 heterocycles. The van der Waals surface area contributed by atoms with Crippen LogP contribution in [-0.4, -0.2) is 0 Å². The molecule has 0 aromatic rings. The van der Waals surface area contributed by atoms with Gasteiger partial charge < -0.3 is 0 Å². The molecule has 0 aliphatic heterocycles. The van der Waals surface area contributed by atoms with Gasteiger partial charge in [0.1, 0.15) is 0 Å². The lowest BCUT2D eigenvalue weighted by molar-refractivity contribution is 0.194. The second-order valence-corrected chi connectivity index (χ2v) is 14.1. The lowest BCUT2D eigenvalue weighted by Crippen LogP contribution is -2.28. The van der Waals surface area contributed by atoms with Crippen LogP contribution in [0.25, 0.3) is 0 Å². The molecule has 0 N–H and O–H groups in total. The first-order valence-corrected chi connectivity index (χ1v) is 15.9. The van der Waals surface area contributed by atoms with Crippen LogP contribution in [0.3, 0.4) is 0 Å². The van der Waals surface area contributed by atoms with Crippen molar-refractivity contribution in [3.63, 3.8) is 0 Å². The van der Waals surface area contributed by atoms with Crippen molar-refractivity contribution in [3.05, 3.63) is 106 Å². The Morgan fingerprint density at radius 2 is 1.50 bits per heavy atom. The zero-order valence-corrected chi connectivity index (χ0v) is 27.7. The highest BCUT2D eigenvalue weighted by molar-refractivity contribution is 5.37. The Morgan fingerprint density at radius 3 is 2.15 bits per heavy atom. The zero-order chi connectivity index (χ0) is 29.8. The van der Waals surface area contributed by atoms with Crippen molar-refractivity contribution in [2.45, 2.75) is 121 Å². The summed E-state index contributed by atoms with van der Waals surface area (Å²) in [5.74, 6) is 1.49. The molecular formula is C40H60.